The normalized spacial score (nSPS) is 18.9. The molecule has 30 heavy (non-hydrogen) atoms. The molecule has 0 radical (unpaired) electrons. The highest BCUT2D eigenvalue weighted by Crippen LogP contribution is 2.43. The standard InChI is InChI=1S/C27H32O2Si/c1-27(2,19-11-13-22-20-21-12-9-10-18-25(21)26(22)28)30(29,23-14-5-3-6-15-23)24-16-7-4-8-17-24/h3-10,12,14-18,22,26,28-29H,11,13,19-20H2,1-2H3/t22-,26-/m0/s1. The molecule has 3 aromatic rings. The van der Waals surface area contributed by atoms with Crippen molar-refractivity contribution in [2.75, 3.05) is 0 Å². The van der Waals surface area contributed by atoms with Crippen molar-refractivity contribution in [1.82, 2.24) is 0 Å². The monoisotopic (exact) mass is 416 g/mol. The van der Waals surface area contributed by atoms with Gasteiger partial charge < -0.3 is 9.90 Å². The zero-order chi connectivity index (χ0) is 21.2. The van der Waals surface area contributed by atoms with Gasteiger partial charge in [0.15, 0.2) is 0 Å². The first-order valence-corrected chi connectivity index (χ1v) is 13.0. The Kier molecular flexibility index (Phi) is 5.96. The summed E-state index contributed by atoms with van der Waals surface area (Å²) in [5.74, 6) is 0.279. The summed E-state index contributed by atoms with van der Waals surface area (Å²) in [6, 6.07) is 28.7. The van der Waals surface area contributed by atoms with Crippen LogP contribution in [-0.2, 0) is 6.42 Å². The molecule has 1 aliphatic rings. The summed E-state index contributed by atoms with van der Waals surface area (Å²) in [7, 11) is -2.95. The van der Waals surface area contributed by atoms with Crippen molar-refractivity contribution >= 4 is 18.7 Å². The van der Waals surface area contributed by atoms with E-state index in [1.54, 1.807) is 0 Å². The second-order valence-electron chi connectivity index (χ2n) is 9.33. The average molecular weight is 417 g/mol. The van der Waals surface area contributed by atoms with Crippen molar-refractivity contribution in [2.24, 2.45) is 5.92 Å². The summed E-state index contributed by atoms with van der Waals surface area (Å²) >= 11 is 0. The van der Waals surface area contributed by atoms with Gasteiger partial charge in [0.2, 0.25) is 0 Å². The molecule has 0 amide bonds. The summed E-state index contributed by atoms with van der Waals surface area (Å²) in [5, 5.41) is 12.6. The molecule has 1 aliphatic carbocycles. The highest BCUT2D eigenvalue weighted by molar-refractivity contribution is 6.98. The van der Waals surface area contributed by atoms with Crippen LogP contribution in [0.4, 0.5) is 0 Å². The molecule has 0 aromatic heterocycles. The third kappa shape index (κ3) is 3.78. The largest absolute Gasteiger partial charge is 0.424 e. The smallest absolute Gasteiger partial charge is 0.258 e. The van der Waals surface area contributed by atoms with Gasteiger partial charge in [0.25, 0.3) is 8.32 Å². The Hall–Kier alpha value is -2.20. The van der Waals surface area contributed by atoms with Crippen molar-refractivity contribution in [2.45, 2.75) is 50.7 Å². The van der Waals surface area contributed by atoms with Crippen LogP contribution >= 0.6 is 0 Å². The van der Waals surface area contributed by atoms with Gasteiger partial charge in [-0.1, -0.05) is 105 Å². The Morgan fingerprint density at radius 1 is 0.833 bits per heavy atom. The van der Waals surface area contributed by atoms with E-state index in [2.05, 4.69) is 56.3 Å². The van der Waals surface area contributed by atoms with Gasteiger partial charge in [-0.2, -0.15) is 0 Å². The van der Waals surface area contributed by atoms with Crippen LogP contribution in [0, 0.1) is 5.92 Å². The molecule has 0 fully saturated rings. The quantitative estimate of drug-likeness (QED) is 0.553. The maximum atomic E-state index is 12.3. The van der Waals surface area contributed by atoms with Gasteiger partial charge in [0.05, 0.1) is 6.10 Å². The van der Waals surface area contributed by atoms with E-state index < -0.39 is 8.32 Å². The number of aliphatic hydroxyl groups is 1. The van der Waals surface area contributed by atoms with E-state index in [-0.39, 0.29) is 17.1 Å². The summed E-state index contributed by atoms with van der Waals surface area (Å²) in [5.41, 5.74) is 2.38. The van der Waals surface area contributed by atoms with Gasteiger partial charge in [-0.25, -0.2) is 0 Å². The highest BCUT2D eigenvalue weighted by Gasteiger charge is 2.49. The number of rotatable bonds is 7. The van der Waals surface area contributed by atoms with E-state index in [0.717, 1.165) is 41.6 Å². The first kappa shape index (κ1) is 21.0. The maximum Gasteiger partial charge on any atom is 0.258 e. The van der Waals surface area contributed by atoms with Crippen molar-refractivity contribution in [3.8, 4) is 0 Å². The Labute approximate surface area is 181 Å². The molecule has 3 heteroatoms. The number of hydrogen-bond acceptors (Lipinski definition) is 2. The Bertz CT molecular complexity index is 929. The van der Waals surface area contributed by atoms with Crippen LogP contribution in [0.5, 0.6) is 0 Å². The topological polar surface area (TPSA) is 40.5 Å². The molecule has 0 aliphatic heterocycles. The zero-order valence-electron chi connectivity index (χ0n) is 18.0. The molecular weight excluding hydrogens is 384 g/mol. The van der Waals surface area contributed by atoms with Crippen molar-refractivity contribution in [3.05, 3.63) is 96.1 Å². The fourth-order valence-electron chi connectivity index (χ4n) is 5.21. The molecule has 4 rings (SSSR count). The summed E-state index contributed by atoms with van der Waals surface area (Å²) < 4.78 is 0. The lowest BCUT2D eigenvalue weighted by molar-refractivity contribution is 0.116. The van der Waals surface area contributed by atoms with Gasteiger partial charge in [-0.3, -0.25) is 0 Å². The van der Waals surface area contributed by atoms with Crippen molar-refractivity contribution < 1.29 is 9.90 Å². The molecule has 2 nitrogen and oxygen atoms in total. The Balaban J connectivity index is 1.52. The second-order valence-corrected chi connectivity index (χ2v) is 13.3. The summed E-state index contributed by atoms with van der Waals surface area (Å²) in [4.78, 5) is 12.3. The van der Waals surface area contributed by atoms with E-state index in [1.807, 2.05) is 42.5 Å². The lowest BCUT2D eigenvalue weighted by atomic mass is 9.94. The van der Waals surface area contributed by atoms with Crippen LogP contribution in [0.25, 0.3) is 0 Å². The van der Waals surface area contributed by atoms with Crippen LogP contribution < -0.4 is 10.4 Å². The molecule has 0 heterocycles. The first-order chi connectivity index (χ1) is 14.4. The van der Waals surface area contributed by atoms with Crippen LogP contribution in [0.3, 0.4) is 0 Å². The zero-order valence-corrected chi connectivity index (χ0v) is 19.0. The second kappa shape index (κ2) is 8.50. The summed E-state index contributed by atoms with van der Waals surface area (Å²) in [6.07, 6.45) is 3.50. The predicted molar refractivity (Wildman–Crippen MR) is 127 cm³/mol. The van der Waals surface area contributed by atoms with Gasteiger partial charge in [-0.15, -0.1) is 0 Å². The third-order valence-corrected chi connectivity index (χ3v) is 11.6. The van der Waals surface area contributed by atoms with Crippen LogP contribution in [0.15, 0.2) is 84.9 Å². The van der Waals surface area contributed by atoms with Gasteiger partial charge >= 0.3 is 0 Å². The molecule has 2 N–H and O–H groups in total. The van der Waals surface area contributed by atoms with Gasteiger partial charge in [0.1, 0.15) is 0 Å². The van der Waals surface area contributed by atoms with E-state index in [1.165, 1.54) is 5.56 Å². The Morgan fingerprint density at radius 3 is 1.93 bits per heavy atom. The predicted octanol–water partition coefficient (Wildman–Crippen LogP) is 4.60. The van der Waals surface area contributed by atoms with Gasteiger partial charge in [0, 0.05) is 0 Å². The number of hydrogen-bond donors (Lipinski definition) is 2. The molecule has 0 bridgehead atoms. The minimum Gasteiger partial charge on any atom is -0.424 e. The SMILES string of the molecule is CC(C)(CCC[C@H]1Cc2ccccc2[C@H]1O)[Si](O)(c1ccccc1)c1ccccc1. The lowest BCUT2D eigenvalue weighted by Gasteiger charge is -2.41. The van der Waals surface area contributed by atoms with E-state index in [0.29, 0.717) is 0 Å². The molecule has 3 aromatic carbocycles. The fraction of sp³-hybridized carbons (Fsp3) is 0.333. The minimum atomic E-state index is -2.95. The van der Waals surface area contributed by atoms with E-state index in [4.69, 9.17) is 0 Å². The first-order valence-electron chi connectivity index (χ1n) is 11.0. The molecule has 2 atom stereocenters. The van der Waals surface area contributed by atoms with E-state index >= 15 is 0 Å². The van der Waals surface area contributed by atoms with Gasteiger partial charge in [-0.05, 0) is 51.7 Å². The molecule has 156 valence electrons. The number of benzene rings is 3. The Morgan fingerprint density at radius 2 is 1.37 bits per heavy atom. The highest BCUT2D eigenvalue weighted by atomic mass is 28.4. The number of fused-ring (bicyclic) bond motifs is 1. The molecule has 0 unspecified atom stereocenters. The molecular formula is C27H32O2Si. The van der Waals surface area contributed by atoms with Crippen molar-refractivity contribution in [3.63, 3.8) is 0 Å². The van der Waals surface area contributed by atoms with Crippen molar-refractivity contribution in [1.29, 1.82) is 0 Å². The molecule has 0 spiro atoms. The minimum absolute atomic E-state index is 0.230. The van der Waals surface area contributed by atoms with Crippen LogP contribution in [0.1, 0.15) is 50.3 Å². The summed E-state index contributed by atoms with van der Waals surface area (Å²) in [6.45, 7) is 4.44. The molecule has 0 saturated carbocycles. The van der Waals surface area contributed by atoms with Crippen LogP contribution in [-0.4, -0.2) is 18.2 Å². The lowest BCUT2D eigenvalue weighted by Crippen LogP contribution is -2.65. The maximum absolute atomic E-state index is 12.3. The molecule has 0 saturated heterocycles. The van der Waals surface area contributed by atoms with Crippen LogP contribution in [0.2, 0.25) is 5.04 Å². The average Bonchev–Trinajstić information content (AvgIpc) is 3.10. The van der Waals surface area contributed by atoms with E-state index in [9.17, 15) is 9.90 Å². The third-order valence-electron chi connectivity index (χ3n) is 7.04. The fourth-order valence-corrected chi connectivity index (χ4v) is 9.00. The number of aliphatic hydroxyl groups excluding tert-OH is 1.